The first kappa shape index (κ1) is 16.5. The van der Waals surface area contributed by atoms with Crippen LogP contribution in [0.3, 0.4) is 0 Å². The number of aryl methyl sites for hydroxylation is 2. The maximum absolute atomic E-state index is 12.0. The van der Waals surface area contributed by atoms with Crippen molar-refractivity contribution in [1.82, 2.24) is 5.32 Å². The number of rotatable bonds is 5. The van der Waals surface area contributed by atoms with E-state index in [9.17, 15) is 9.59 Å². The summed E-state index contributed by atoms with van der Waals surface area (Å²) in [6.45, 7) is 5.68. The highest BCUT2D eigenvalue weighted by molar-refractivity contribution is 5.84. The van der Waals surface area contributed by atoms with Gasteiger partial charge in [0.25, 0.3) is 5.91 Å². The van der Waals surface area contributed by atoms with E-state index in [1.807, 2.05) is 32.0 Å². The van der Waals surface area contributed by atoms with Crippen LogP contribution in [0.5, 0.6) is 0 Å². The standard InChI is InChI=1S/C18H25NO3/c1-12-8-9-15(10-13(12)2)11-17(20)22-14(3)18(21)19-16-6-4-5-7-16/h8-10,14,16H,4-7,11H2,1-3H3,(H,19,21)/t14-/m1/s1. The largest absolute Gasteiger partial charge is 0.452 e. The van der Waals surface area contributed by atoms with Gasteiger partial charge in [-0.05, 0) is 50.3 Å². The highest BCUT2D eigenvalue weighted by Gasteiger charge is 2.23. The quantitative estimate of drug-likeness (QED) is 0.851. The molecule has 1 N–H and O–H groups in total. The average Bonchev–Trinajstić information content (AvgIpc) is 2.95. The van der Waals surface area contributed by atoms with Crippen molar-refractivity contribution >= 4 is 11.9 Å². The van der Waals surface area contributed by atoms with Gasteiger partial charge in [0.05, 0.1) is 6.42 Å². The van der Waals surface area contributed by atoms with Crippen molar-refractivity contribution in [3.05, 3.63) is 34.9 Å². The van der Waals surface area contributed by atoms with E-state index >= 15 is 0 Å². The SMILES string of the molecule is Cc1ccc(CC(=O)O[C@H](C)C(=O)NC2CCCC2)cc1C. The Morgan fingerprint density at radius 3 is 2.55 bits per heavy atom. The number of nitrogens with one attached hydrogen (secondary N) is 1. The fraction of sp³-hybridized carbons (Fsp3) is 0.556. The molecule has 4 nitrogen and oxygen atoms in total. The first-order chi connectivity index (χ1) is 10.5. The minimum absolute atomic E-state index is 0.194. The van der Waals surface area contributed by atoms with Gasteiger partial charge in [0.2, 0.25) is 0 Å². The highest BCUT2D eigenvalue weighted by Crippen LogP contribution is 2.18. The zero-order valence-electron chi connectivity index (χ0n) is 13.6. The minimum atomic E-state index is -0.736. The molecule has 0 unspecified atom stereocenters. The van der Waals surface area contributed by atoms with Crippen LogP contribution in [0.15, 0.2) is 18.2 Å². The zero-order chi connectivity index (χ0) is 16.1. The molecule has 4 heteroatoms. The lowest BCUT2D eigenvalue weighted by molar-refractivity contribution is -0.154. The number of carbonyl (C=O) groups excluding carboxylic acids is 2. The number of hydrogen-bond acceptors (Lipinski definition) is 3. The summed E-state index contributed by atoms with van der Waals surface area (Å²) in [7, 11) is 0. The molecule has 0 bridgehead atoms. The van der Waals surface area contributed by atoms with E-state index in [1.54, 1.807) is 6.92 Å². The Labute approximate surface area is 132 Å². The van der Waals surface area contributed by atoms with E-state index in [2.05, 4.69) is 5.32 Å². The maximum atomic E-state index is 12.0. The third-order valence-corrected chi connectivity index (χ3v) is 4.30. The monoisotopic (exact) mass is 303 g/mol. The van der Waals surface area contributed by atoms with Crippen LogP contribution in [0.2, 0.25) is 0 Å². The number of benzene rings is 1. The van der Waals surface area contributed by atoms with E-state index in [4.69, 9.17) is 4.74 Å². The molecule has 0 aromatic heterocycles. The Morgan fingerprint density at radius 1 is 1.23 bits per heavy atom. The topological polar surface area (TPSA) is 55.4 Å². The van der Waals surface area contributed by atoms with Crippen LogP contribution in [-0.2, 0) is 20.7 Å². The van der Waals surface area contributed by atoms with Crippen LogP contribution >= 0.6 is 0 Å². The van der Waals surface area contributed by atoms with E-state index < -0.39 is 6.10 Å². The van der Waals surface area contributed by atoms with Gasteiger partial charge in [-0.25, -0.2) is 0 Å². The second-order valence-electron chi connectivity index (χ2n) is 6.22. The summed E-state index contributed by atoms with van der Waals surface area (Å²) in [5.41, 5.74) is 3.26. The molecule has 0 radical (unpaired) electrons. The minimum Gasteiger partial charge on any atom is -0.452 e. The normalized spacial score (nSPS) is 16.3. The van der Waals surface area contributed by atoms with Gasteiger partial charge in [0.1, 0.15) is 0 Å². The summed E-state index contributed by atoms with van der Waals surface area (Å²) >= 11 is 0. The van der Waals surface area contributed by atoms with Crippen LogP contribution in [0, 0.1) is 13.8 Å². The lowest BCUT2D eigenvalue weighted by atomic mass is 10.0. The Balaban J connectivity index is 1.82. The lowest BCUT2D eigenvalue weighted by Crippen LogP contribution is -2.41. The van der Waals surface area contributed by atoms with Gasteiger partial charge in [0, 0.05) is 6.04 Å². The summed E-state index contributed by atoms with van der Waals surface area (Å²) in [5.74, 6) is -0.558. The van der Waals surface area contributed by atoms with Crippen LogP contribution in [-0.4, -0.2) is 24.0 Å². The Bertz CT molecular complexity index is 547. The third kappa shape index (κ3) is 4.58. The van der Waals surface area contributed by atoms with Gasteiger partial charge in [-0.3, -0.25) is 9.59 Å². The number of ether oxygens (including phenoxy) is 1. The van der Waals surface area contributed by atoms with Crippen molar-refractivity contribution in [1.29, 1.82) is 0 Å². The van der Waals surface area contributed by atoms with Crippen molar-refractivity contribution in [2.75, 3.05) is 0 Å². The first-order valence-corrected chi connectivity index (χ1v) is 8.01. The predicted octanol–water partition coefficient (Wildman–Crippen LogP) is 2.84. The summed E-state index contributed by atoms with van der Waals surface area (Å²) in [4.78, 5) is 24.0. The molecule has 1 aromatic carbocycles. The molecule has 1 atom stereocenters. The Hall–Kier alpha value is -1.84. The van der Waals surface area contributed by atoms with E-state index in [0.717, 1.165) is 36.8 Å². The third-order valence-electron chi connectivity index (χ3n) is 4.30. The van der Waals surface area contributed by atoms with Crippen molar-refractivity contribution in [2.24, 2.45) is 0 Å². The van der Waals surface area contributed by atoms with Crippen molar-refractivity contribution in [2.45, 2.75) is 65.0 Å². The van der Waals surface area contributed by atoms with Crippen LogP contribution in [0.4, 0.5) is 0 Å². The van der Waals surface area contributed by atoms with Crippen LogP contribution < -0.4 is 5.32 Å². The molecule has 1 fully saturated rings. The molecule has 120 valence electrons. The molecule has 1 amide bonds. The second kappa shape index (κ2) is 7.43. The summed E-state index contributed by atoms with van der Waals surface area (Å²) in [5, 5.41) is 2.95. The molecule has 0 spiro atoms. The molecule has 0 saturated heterocycles. The zero-order valence-corrected chi connectivity index (χ0v) is 13.6. The summed E-state index contributed by atoms with van der Waals surface area (Å²) < 4.78 is 5.25. The molecular formula is C18H25NO3. The van der Waals surface area contributed by atoms with E-state index in [1.165, 1.54) is 5.56 Å². The van der Waals surface area contributed by atoms with Crippen molar-refractivity contribution in [3.8, 4) is 0 Å². The molecule has 0 heterocycles. The van der Waals surface area contributed by atoms with Crippen molar-refractivity contribution < 1.29 is 14.3 Å². The van der Waals surface area contributed by atoms with Gasteiger partial charge < -0.3 is 10.1 Å². The highest BCUT2D eigenvalue weighted by atomic mass is 16.5. The first-order valence-electron chi connectivity index (χ1n) is 8.01. The molecule has 1 aromatic rings. The fourth-order valence-corrected chi connectivity index (χ4v) is 2.76. The van der Waals surface area contributed by atoms with Gasteiger partial charge in [-0.1, -0.05) is 31.0 Å². The van der Waals surface area contributed by atoms with Crippen molar-refractivity contribution in [3.63, 3.8) is 0 Å². The Morgan fingerprint density at radius 2 is 1.91 bits per heavy atom. The molecular weight excluding hydrogens is 278 g/mol. The second-order valence-corrected chi connectivity index (χ2v) is 6.22. The molecule has 2 rings (SSSR count). The van der Waals surface area contributed by atoms with E-state index in [-0.39, 0.29) is 24.3 Å². The van der Waals surface area contributed by atoms with Gasteiger partial charge >= 0.3 is 5.97 Å². The Kier molecular flexibility index (Phi) is 5.58. The lowest BCUT2D eigenvalue weighted by Gasteiger charge is -2.17. The number of hydrogen-bond donors (Lipinski definition) is 1. The fourth-order valence-electron chi connectivity index (χ4n) is 2.76. The van der Waals surface area contributed by atoms with Gasteiger partial charge in [-0.15, -0.1) is 0 Å². The average molecular weight is 303 g/mol. The molecule has 0 aliphatic heterocycles. The molecule has 1 aliphatic rings. The van der Waals surface area contributed by atoms with Gasteiger partial charge in [0.15, 0.2) is 6.10 Å². The molecule has 1 aliphatic carbocycles. The summed E-state index contributed by atoms with van der Waals surface area (Å²) in [6, 6.07) is 6.15. The summed E-state index contributed by atoms with van der Waals surface area (Å²) in [6.07, 6.45) is 3.82. The van der Waals surface area contributed by atoms with E-state index in [0.29, 0.717) is 0 Å². The van der Waals surface area contributed by atoms with Gasteiger partial charge in [-0.2, -0.15) is 0 Å². The predicted molar refractivity (Wildman–Crippen MR) is 85.6 cm³/mol. The molecule has 22 heavy (non-hydrogen) atoms. The number of esters is 1. The van der Waals surface area contributed by atoms with Crippen LogP contribution in [0.1, 0.15) is 49.3 Å². The molecule has 1 saturated carbocycles. The smallest absolute Gasteiger partial charge is 0.311 e. The number of amides is 1. The number of carbonyl (C=O) groups is 2. The maximum Gasteiger partial charge on any atom is 0.311 e. The van der Waals surface area contributed by atoms with Crippen LogP contribution in [0.25, 0.3) is 0 Å².